The molecule has 48 heavy (non-hydrogen) atoms. The van der Waals surface area contributed by atoms with Gasteiger partial charge in [0, 0.05) is 46.8 Å². The van der Waals surface area contributed by atoms with Crippen LogP contribution in [-0.2, 0) is 6.54 Å². The van der Waals surface area contributed by atoms with Gasteiger partial charge in [-0.05, 0) is 136 Å². The highest BCUT2D eigenvalue weighted by atomic mass is 16.5. The molecule has 3 N–H and O–H groups in total. The number of carbonyl (C=O) groups is 2. The van der Waals surface area contributed by atoms with E-state index in [2.05, 4.69) is 69.7 Å². The first-order chi connectivity index (χ1) is 23.3. The van der Waals surface area contributed by atoms with E-state index < -0.39 is 0 Å². The molecule has 248 valence electrons. The van der Waals surface area contributed by atoms with Gasteiger partial charge in [0.25, 0.3) is 5.91 Å². The predicted octanol–water partition coefficient (Wildman–Crippen LogP) is 9.20. The summed E-state index contributed by atoms with van der Waals surface area (Å²) in [6.45, 7) is 11.3. The van der Waals surface area contributed by atoms with Crippen molar-refractivity contribution in [1.29, 1.82) is 0 Å². The summed E-state index contributed by atoms with van der Waals surface area (Å²) < 4.78 is 8.35. The lowest BCUT2D eigenvalue weighted by molar-refractivity contribution is 0.102. The van der Waals surface area contributed by atoms with Crippen molar-refractivity contribution in [3.8, 4) is 17.2 Å². The molecule has 1 saturated heterocycles. The lowest BCUT2D eigenvalue weighted by atomic mass is 10.1. The monoisotopic (exact) mass is 643 g/mol. The topological polar surface area (TPSA) is 87.6 Å². The number of rotatable bonds is 11. The minimum absolute atomic E-state index is 0.154. The van der Waals surface area contributed by atoms with Gasteiger partial charge in [-0.3, -0.25) is 9.69 Å². The molecule has 8 heteroatoms. The number of amides is 3. The first-order valence-corrected chi connectivity index (χ1v) is 17.0. The number of nitrogens with one attached hydrogen (secondary N) is 3. The first-order valence-electron chi connectivity index (χ1n) is 17.0. The van der Waals surface area contributed by atoms with Crippen LogP contribution in [0.4, 0.5) is 16.2 Å². The largest absolute Gasteiger partial charge is 0.457 e. The molecule has 0 unspecified atom stereocenters. The van der Waals surface area contributed by atoms with E-state index in [1.54, 1.807) is 0 Å². The zero-order valence-electron chi connectivity index (χ0n) is 28.3. The van der Waals surface area contributed by atoms with E-state index in [1.807, 2.05) is 74.5 Å². The average Bonchev–Trinajstić information content (AvgIpc) is 3.74. The number of aryl methyl sites for hydroxylation is 2. The lowest BCUT2D eigenvalue weighted by Gasteiger charge is -2.16. The van der Waals surface area contributed by atoms with E-state index in [9.17, 15) is 9.59 Å². The zero-order valence-corrected chi connectivity index (χ0v) is 28.3. The molecule has 1 aliphatic heterocycles. The summed E-state index contributed by atoms with van der Waals surface area (Å²) in [4.78, 5) is 28.2. The maximum Gasteiger partial charge on any atom is 0.319 e. The quantitative estimate of drug-likeness (QED) is 0.134. The number of benzene rings is 4. The van der Waals surface area contributed by atoms with Gasteiger partial charge in [0.05, 0.1) is 5.52 Å². The van der Waals surface area contributed by atoms with Crippen LogP contribution in [0.25, 0.3) is 16.6 Å². The Morgan fingerprint density at radius 3 is 2.15 bits per heavy atom. The van der Waals surface area contributed by atoms with Crippen molar-refractivity contribution in [2.24, 2.45) is 0 Å². The molecule has 2 heterocycles. The van der Waals surface area contributed by atoms with Gasteiger partial charge in [0.2, 0.25) is 0 Å². The Hall–Kier alpha value is -5.08. The molecule has 5 aromatic rings. The maximum absolute atomic E-state index is 13.4. The number of hydrogen-bond donors (Lipinski definition) is 3. The van der Waals surface area contributed by atoms with Crippen molar-refractivity contribution in [2.75, 3.05) is 23.7 Å². The van der Waals surface area contributed by atoms with E-state index in [-0.39, 0.29) is 18.0 Å². The number of para-hydroxylation sites is 1. The standard InChI is InChI=1S/C40H45N5O3/c1-5-31(6-2)41-40(47)42-32-15-19-34(20-16-32)48-35-23-27(3)38(28(4)24-35)43-39(46)29-13-17-33(18-14-29)45-26-30(25-44-21-9-10-22-44)36-11-7-8-12-37(36)45/h7-8,11-20,23-24,26,31H,5-6,9-10,21-22,25H2,1-4H3,(H,43,46)(H2,41,42,47). The van der Waals surface area contributed by atoms with Crippen molar-refractivity contribution < 1.29 is 14.3 Å². The summed E-state index contributed by atoms with van der Waals surface area (Å²) in [6.07, 6.45) is 6.56. The normalized spacial score (nSPS) is 13.2. The Bertz CT molecular complexity index is 1860. The van der Waals surface area contributed by atoms with Crippen LogP contribution >= 0.6 is 0 Å². The van der Waals surface area contributed by atoms with E-state index in [0.717, 1.165) is 55.0 Å². The number of hydrogen-bond acceptors (Lipinski definition) is 4. The molecule has 0 atom stereocenters. The third-order valence-corrected chi connectivity index (χ3v) is 9.21. The Balaban J connectivity index is 1.10. The SMILES string of the molecule is CCC(CC)NC(=O)Nc1ccc(Oc2cc(C)c(NC(=O)c3ccc(-n4cc(CN5CCCC5)c5ccccc54)cc3)c(C)c2)cc1. The van der Waals surface area contributed by atoms with Crippen molar-refractivity contribution in [3.05, 3.63) is 113 Å². The van der Waals surface area contributed by atoms with Crippen LogP contribution in [0.5, 0.6) is 11.5 Å². The minimum Gasteiger partial charge on any atom is -0.457 e. The van der Waals surface area contributed by atoms with Crippen LogP contribution < -0.4 is 20.7 Å². The molecule has 1 fully saturated rings. The van der Waals surface area contributed by atoms with Crippen molar-refractivity contribution in [2.45, 2.75) is 66.0 Å². The highest BCUT2D eigenvalue weighted by Gasteiger charge is 2.17. The van der Waals surface area contributed by atoms with Gasteiger partial charge in [-0.15, -0.1) is 0 Å². The van der Waals surface area contributed by atoms with Crippen LogP contribution in [0.3, 0.4) is 0 Å². The van der Waals surface area contributed by atoms with E-state index >= 15 is 0 Å². The van der Waals surface area contributed by atoms with Gasteiger partial charge in [0.1, 0.15) is 11.5 Å². The molecule has 1 aliphatic rings. The van der Waals surface area contributed by atoms with Gasteiger partial charge in [-0.25, -0.2) is 4.79 Å². The molecule has 0 aliphatic carbocycles. The first kappa shape index (κ1) is 32.8. The number of likely N-dealkylation sites (tertiary alicyclic amines) is 1. The summed E-state index contributed by atoms with van der Waals surface area (Å²) in [5.41, 5.74) is 7.37. The predicted molar refractivity (Wildman–Crippen MR) is 195 cm³/mol. The molecular weight excluding hydrogens is 598 g/mol. The molecule has 0 saturated carbocycles. The van der Waals surface area contributed by atoms with Gasteiger partial charge in [0.15, 0.2) is 0 Å². The second-order valence-electron chi connectivity index (χ2n) is 12.7. The van der Waals surface area contributed by atoms with Gasteiger partial charge < -0.3 is 25.3 Å². The van der Waals surface area contributed by atoms with Gasteiger partial charge in [-0.1, -0.05) is 32.0 Å². The molecular formula is C40H45N5O3. The molecule has 6 rings (SSSR count). The number of anilines is 2. The molecule has 0 spiro atoms. The highest BCUT2D eigenvalue weighted by Crippen LogP contribution is 2.31. The zero-order chi connectivity index (χ0) is 33.6. The number of urea groups is 1. The van der Waals surface area contributed by atoms with Crippen LogP contribution in [0.15, 0.2) is 91.1 Å². The van der Waals surface area contributed by atoms with Crippen LogP contribution in [0.1, 0.15) is 66.6 Å². The summed E-state index contributed by atoms with van der Waals surface area (Å²) in [7, 11) is 0. The minimum atomic E-state index is -0.214. The summed E-state index contributed by atoms with van der Waals surface area (Å²) in [6, 6.07) is 27.4. The molecule has 0 radical (unpaired) electrons. The number of fused-ring (bicyclic) bond motifs is 1. The van der Waals surface area contributed by atoms with Crippen LogP contribution in [0.2, 0.25) is 0 Å². The number of carbonyl (C=O) groups excluding carboxylic acids is 2. The molecule has 4 aromatic carbocycles. The third-order valence-electron chi connectivity index (χ3n) is 9.21. The number of aromatic nitrogens is 1. The summed E-state index contributed by atoms with van der Waals surface area (Å²) >= 11 is 0. The third kappa shape index (κ3) is 7.55. The van der Waals surface area contributed by atoms with Crippen molar-refractivity contribution >= 4 is 34.2 Å². The Morgan fingerprint density at radius 1 is 0.812 bits per heavy atom. The van der Waals surface area contributed by atoms with E-state index in [0.29, 0.717) is 22.7 Å². The van der Waals surface area contributed by atoms with Crippen molar-refractivity contribution in [1.82, 2.24) is 14.8 Å². The fourth-order valence-corrected chi connectivity index (χ4v) is 6.50. The Kier molecular flexibility index (Phi) is 10.1. The summed E-state index contributed by atoms with van der Waals surface area (Å²) in [5.74, 6) is 1.16. The maximum atomic E-state index is 13.4. The number of ether oxygens (including phenoxy) is 1. The molecule has 1 aromatic heterocycles. The van der Waals surface area contributed by atoms with Crippen molar-refractivity contribution in [3.63, 3.8) is 0 Å². The fraction of sp³-hybridized carbons (Fsp3) is 0.300. The van der Waals surface area contributed by atoms with Crippen LogP contribution in [-0.4, -0.2) is 40.5 Å². The highest BCUT2D eigenvalue weighted by molar-refractivity contribution is 6.05. The van der Waals surface area contributed by atoms with Gasteiger partial charge >= 0.3 is 6.03 Å². The lowest BCUT2D eigenvalue weighted by Crippen LogP contribution is -2.37. The Labute approximate surface area is 283 Å². The average molecular weight is 644 g/mol. The van der Waals surface area contributed by atoms with Gasteiger partial charge in [-0.2, -0.15) is 0 Å². The smallest absolute Gasteiger partial charge is 0.319 e. The number of nitrogens with zero attached hydrogens (tertiary/aromatic N) is 2. The van der Waals surface area contributed by atoms with E-state index in [4.69, 9.17) is 4.74 Å². The fourth-order valence-electron chi connectivity index (χ4n) is 6.50. The second kappa shape index (κ2) is 14.8. The molecule has 8 nitrogen and oxygen atoms in total. The molecule has 3 amide bonds. The van der Waals surface area contributed by atoms with E-state index in [1.165, 1.54) is 29.3 Å². The molecule has 0 bridgehead atoms. The summed E-state index contributed by atoms with van der Waals surface area (Å²) in [5, 5.41) is 10.2. The Morgan fingerprint density at radius 2 is 1.48 bits per heavy atom. The second-order valence-corrected chi connectivity index (χ2v) is 12.7. The van der Waals surface area contributed by atoms with Crippen LogP contribution in [0, 0.1) is 13.8 Å².